The number of thioether (sulfide) groups is 1. The van der Waals surface area contributed by atoms with Crippen molar-refractivity contribution in [3.63, 3.8) is 0 Å². The third-order valence-corrected chi connectivity index (χ3v) is 5.88. The summed E-state index contributed by atoms with van der Waals surface area (Å²) in [5.74, 6) is 1.25. The Labute approximate surface area is 171 Å². The zero-order chi connectivity index (χ0) is 19.3. The molecule has 0 atom stereocenters. The third kappa shape index (κ3) is 2.98. The second-order valence-electron chi connectivity index (χ2n) is 6.33. The van der Waals surface area contributed by atoms with Crippen LogP contribution in [0, 0.1) is 6.92 Å². The summed E-state index contributed by atoms with van der Waals surface area (Å²) in [6.45, 7) is 1.87. The fraction of sp³-hybridized carbons (Fsp3) is 0.100. The Kier molecular flexibility index (Phi) is 4.17. The van der Waals surface area contributed by atoms with Gasteiger partial charge in [0.05, 0.1) is 5.52 Å². The molecule has 8 heteroatoms. The molecule has 0 bridgehead atoms. The summed E-state index contributed by atoms with van der Waals surface area (Å²) < 4.78 is 7.96. The second kappa shape index (κ2) is 6.72. The van der Waals surface area contributed by atoms with Crippen molar-refractivity contribution in [2.24, 2.45) is 0 Å². The molecule has 6 nitrogen and oxygen atoms in total. The number of hydrogen-bond acceptors (Lipinski definition) is 6. The molecule has 0 aliphatic rings. The van der Waals surface area contributed by atoms with Gasteiger partial charge in [-0.2, -0.15) is 4.52 Å². The summed E-state index contributed by atoms with van der Waals surface area (Å²) in [7, 11) is 0. The fourth-order valence-electron chi connectivity index (χ4n) is 3.19. The number of nitrogens with zero attached hydrogens (tertiary/aromatic N) is 4. The van der Waals surface area contributed by atoms with E-state index in [2.05, 4.69) is 26.0 Å². The van der Waals surface area contributed by atoms with E-state index in [9.17, 15) is 4.79 Å². The van der Waals surface area contributed by atoms with Gasteiger partial charge in [-0.15, -0.1) is 5.10 Å². The van der Waals surface area contributed by atoms with Crippen molar-refractivity contribution >= 4 is 55.2 Å². The summed E-state index contributed by atoms with van der Waals surface area (Å²) >= 11 is 4.93. The zero-order valence-corrected chi connectivity index (χ0v) is 17.1. The van der Waals surface area contributed by atoms with Gasteiger partial charge >= 0.3 is 5.63 Å². The van der Waals surface area contributed by atoms with Crippen LogP contribution in [0.5, 0.6) is 0 Å². The summed E-state index contributed by atoms with van der Waals surface area (Å²) in [5.41, 5.74) is 2.74. The van der Waals surface area contributed by atoms with E-state index in [1.807, 2.05) is 43.3 Å². The molecule has 0 saturated heterocycles. The normalized spacial score (nSPS) is 11.6. The van der Waals surface area contributed by atoms with Crippen molar-refractivity contribution in [2.45, 2.75) is 17.8 Å². The van der Waals surface area contributed by atoms with Crippen molar-refractivity contribution < 1.29 is 4.42 Å². The monoisotopic (exact) mass is 452 g/mol. The van der Waals surface area contributed by atoms with E-state index in [1.165, 1.54) is 17.8 Å². The van der Waals surface area contributed by atoms with Crippen LogP contribution in [-0.2, 0) is 5.75 Å². The topological polar surface area (TPSA) is 73.3 Å². The summed E-state index contributed by atoms with van der Waals surface area (Å²) in [5, 5.41) is 7.10. The Morgan fingerprint density at radius 1 is 1.11 bits per heavy atom. The molecule has 0 aliphatic carbocycles. The van der Waals surface area contributed by atoms with E-state index in [0.29, 0.717) is 17.2 Å². The molecule has 3 aromatic heterocycles. The number of hydrogen-bond donors (Lipinski definition) is 0. The molecule has 0 spiro atoms. The average Bonchev–Trinajstić information content (AvgIpc) is 3.07. The predicted molar refractivity (Wildman–Crippen MR) is 113 cm³/mol. The van der Waals surface area contributed by atoms with Crippen molar-refractivity contribution in [3.05, 3.63) is 74.8 Å². The Bertz CT molecular complexity index is 1430. The summed E-state index contributed by atoms with van der Waals surface area (Å²) in [6, 6.07) is 15.1. The first kappa shape index (κ1) is 17.4. The molecule has 0 N–H and O–H groups in total. The van der Waals surface area contributed by atoms with E-state index in [-0.39, 0.29) is 5.63 Å². The zero-order valence-electron chi connectivity index (χ0n) is 14.7. The van der Waals surface area contributed by atoms with Crippen molar-refractivity contribution in [2.75, 3.05) is 0 Å². The van der Waals surface area contributed by atoms with E-state index in [1.54, 1.807) is 10.6 Å². The summed E-state index contributed by atoms with van der Waals surface area (Å²) in [4.78, 5) is 21.3. The van der Waals surface area contributed by atoms with Gasteiger partial charge in [-0.25, -0.2) is 14.8 Å². The quantitative estimate of drug-likeness (QED) is 0.223. The molecule has 28 heavy (non-hydrogen) atoms. The van der Waals surface area contributed by atoms with Crippen LogP contribution in [0.2, 0.25) is 0 Å². The first-order valence-electron chi connectivity index (χ1n) is 8.56. The number of fused-ring (bicyclic) bond motifs is 4. The minimum atomic E-state index is -0.366. The van der Waals surface area contributed by atoms with Gasteiger partial charge in [0.2, 0.25) is 0 Å². The number of aryl methyl sites for hydroxylation is 1. The highest BCUT2D eigenvalue weighted by Crippen LogP contribution is 2.29. The van der Waals surface area contributed by atoms with Crippen LogP contribution in [0.1, 0.15) is 11.4 Å². The molecule has 5 aromatic rings. The van der Waals surface area contributed by atoms with E-state index in [0.717, 1.165) is 37.1 Å². The Hall–Kier alpha value is -2.71. The lowest BCUT2D eigenvalue weighted by Gasteiger charge is -2.08. The first-order chi connectivity index (χ1) is 13.6. The van der Waals surface area contributed by atoms with Gasteiger partial charge in [0, 0.05) is 27.1 Å². The molecule has 0 amide bonds. The van der Waals surface area contributed by atoms with Crippen LogP contribution >= 0.6 is 27.7 Å². The van der Waals surface area contributed by atoms with Crippen LogP contribution in [0.3, 0.4) is 0 Å². The minimum Gasteiger partial charge on any atom is -0.423 e. The molecule has 0 unspecified atom stereocenters. The highest BCUT2D eigenvalue weighted by molar-refractivity contribution is 9.10. The molecule has 0 fully saturated rings. The van der Waals surface area contributed by atoms with Gasteiger partial charge in [-0.1, -0.05) is 39.8 Å². The number of halogens is 1. The maximum atomic E-state index is 12.0. The average molecular weight is 453 g/mol. The maximum Gasteiger partial charge on any atom is 0.336 e. The standard InChI is InChI=1S/C20H13BrN4O2S/c1-11-22-19-15-4-2-3-5-16(15)23-20(25(19)24-11)28-10-12-8-18(26)27-17-9-13(21)6-7-14(12)17/h2-9H,10H2,1H3. The van der Waals surface area contributed by atoms with Gasteiger partial charge < -0.3 is 4.42 Å². The molecule has 0 aliphatic heterocycles. The van der Waals surface area contributed by atoms with Crippen LogP contribution in [-0.4, -0.2) is 19.6 Å². The second-order valence-corrected chi connectivity index (χ2v) is 8.18. The van der Waals surface area contributed by atoms with Gasteiger partial charge in [0.15, 0.2) is 10.8 Å². The van der Waals surface area contributed by atoms with Gasteiger partial charge in [-0.05, 0) is 42.8 Å². The molecule has 0 radical (unpaired) electrons. The van der Waals surface area contributed by atoms with Gasteiger partial charge in [-0.3, -0.25) is 0 Å². The number of para-hydroxylation sites is 1. The largest absolute Gasteiger partial charge is 0.423 e. The van der Waals surface area contributed by atoms with Crippen molar-refractivity contribution in [1.82, 2.24) is 19.6 Å². The molecule has 3 heterocycles. The highest BCUT2D eigenvalue weighted by atomic mass is 79.9. The number of benzene rings is 2. The van der Waals surface area contributed by atoms with E-state index < -0.39 is 0 Å². The first-order valence-corrected chi connectivity index (χ1v) is 10.3. The summed E-state index contributed by atoms with van der Waals surface area (Å²) in [6.07, 6.45) is 0. The molecule has 0 saturated carbocycles. The lowest BCUT2D eigenvalue weighted by Crippen LogP contribution is -2.02. The molecule has 138 valence electrons. The lowest BCUT2D eigenvalue weighted by molar-refractivity contribution is 0.559. The van der Waals surface area contributed by atoms with E-state index in [4.69, 9.17) is 9.40 Å². The number of rotatable bonds is 3. The van der Waals surface area contributed by atoms with Gasteiger partial charge in [0.1, 0.15) is 11.4 Å². The van der Waals surface area contributed by atoms with E-state index >= 15 is 0 Å². The smallest absolute Gasteiger partial charge is 0.336 e. The van der Waals surface area contributed by atoms with Crippen LogP contribution in [0.25, 0.3) is 27.5 Å². The predicted octanol–water partition coefficient (Wildman–Crippen LogP) is 4.75. The number of aromatic nitrogens is 4. The van der Waals surface area contributed by atoms with Crippen LogP contribution < -0.4 is 5.63 Å². The molecular weight excluding hydrogens is 440 g/mol. The minimum absolute atomic E-state index is 0.366. The fourth-order valence-corrected chi connectivity index (χ4v) is 4.47. The maximum absolute atomic E-state index is 12.0. The lowest BCUT2D eigenvalue weighted by atomic mass is 10.1. The highest BCUT2D eigenvalue weighted by Gasteiger charge is 2.14. The Morgan fingerprint density at radius 2 is 1.96 bits per heavy atom. The SMILES string of the molecule is Cc1nc2c3ccccc3nc(SCc3cc(=O)oc4cc(Br)ccc34)n2n1. The Balaban J connectivity index is 1.61. The molecule has 2 aromatic carbocycles. The van der Waals surface area contributed by atoms with Gasteiger partial charge in [0.25, 0.3) is 0 Å². The Morgan fingerprint density at radius 3 is 2.86 bits per heavy atom. The third-order valence-electron chi connectivity index (χ3n) is 4.40. The van der Waals surface area contributed by atoms with Crippen LogP contribution in [0.4, 0.5) is 0 Å². The van der Waals surface area contributed by atoms with Crippen LogP contribution in [0.15, 0.2) is 67.4 Å². The van der Waals surface area contributed by atoms with Crippen molar-refractivity contribution in [1.29, 1.82) is 0 Å². The van der Waals surface area contributed by atoms with Crippen molar-refractivity contribution in [3.8, 4) is 0 Å². The molecule has 5 rings (SSSR count). The molecular formula is C20H13BrN4O2S.